The quantitative estimate of drug-likeness (QED) is 0.891. The Morgan fingerprint density at radius 2 is 2.29 bits per heavy atom. The Balaban J connectivity index is 1.83. The fraction of sp³-hybridized carbons (Fsp3) is 0.688. The van der Waals surface area contributed by atoms with E-state index in [0.717, 1.165) is 30.0 Å². The van der Waals surface area contributed by atoms with Crippen molar-refractivity contribution in [1.29, 1.82) is 5.26 Å². The van der Waals surface area contributed by atoms with Crippen LogP contribution in [0, 0.1) is 16.7 Å². The normalized spacial score (nSPS) is 30.9. The maximum absolute atomic E-state index is 9.45. The third kappa shape index (κ3) is 2.98. The highest BCUT2D eigenvalue weighted by atomic mass is 35.5. The average Bonchev–Trinajstić information content (AvgIpc) is 3.17. The van der Waals surface area contributed by atoms with Crippen molar-refractivity contribution in [3.8, 4) is 6.07 Å². The number of piperidine rings is 1. The topological polar surface area (TPSA) is 56.0 Å². The molecule has 0 amide bonds. The van der Waals surface area contributed by atoms with Crippen LogP contribution in [0.4, 0.5) is 0 Å². The van der Waals surface area contributed by atoms with E-state index in [1.807, 2.05) is 6.07 Å². The van der Waals surface area contributed by atoms with Crippen molar-refractivity contribution in [3.05, 3.63) is 20.8 Å². The predicted octanol–water partition coefficient (Wildman–Crippen LogP) is 3.46. The van der Waals surface area contributed by atoms with Crippen LogP contribution in [0.3, 0.4) is 0 Å². The van der Waals surface area contributed by atoms with Gasteiger partial charge < -0.3 is 10.4 Å². The molecule has 2 N–H and O–H groups in total. The highest BCUT2D eigenvalue weighted by Crippen LogP contribution is 2.52. The van der Waals surface area contributed by atoms with E-state index in [2.05, 4.69) is 18.3 Å². The molecule has 2 heterocycles. The molecule has 21 heavy (non-hydrogen) atoms. The molecule has 3 atom stereocenters. The van der Waals surface area contributed by atoms with Gasteiger partial charge in [-0.05, 0) is 56.6 Å². The SMILES string of the molecule is CC1CC(c2sc(Cl)cc2CCO)CC(C2(C#N)CC2)N1. The minimum atomic E-state index is -0.134. The van der Waals surface area contributed by atoms with Gasteiger partial charge in [0, 0.05) is 23.6 Å². The summed E-state index contributed by atoms with van der Waals surface area (Å²) in [5.74, 6) is 0.455. The first-order valence-corrected chi connectivity index (χ1v) is 8.83. The smallest absolute Gasteiger partial charge is 0.0934 e. The Bertz CT molecular complexity index is 561. The second-order valence-electron chi connectivity index (χ2n) is 6.47. The molecule has 1 saturated heterocycles. The van der Waals surface area contributed by atoms with E-state index in [1.54, 1.807) is 11.3 Å². The van der Waals surface area contributed by atoms with E-state index in [-0.39, 0.29) is 12.0 Å². The summed E-state index contributed by atoms with van der Waals surface area (Å²) in [7, 11) is 0. The molecule has 114 valence electrons. The van der Waals surface area contributed by atoms with Gasteiger partial charge in [0.1, 0.15) is 0 Å². The number of aliphatic hydroxyl groups excluding tert-OH is 1. The van der Waals surface area contributed by atoms with Gasteiger partial charge in [-0.25, -0.2) is 0 Å². The third-order valence-electron chi connectivity index (χ3n) is 4.89. The Kier molecular flexibility index (Phi) is 4.29. The Hall–Kier alpha value is -0.600. The Labute approximate surface area is 134 Å². The summed E-state index contributed by atoms with van der Waals surface area (Å²) in [6, 6.07) is 5.24. The first-order valence-electron chi connectivity index (χ1n) is 7.64. The minimum Gasteiger partial charge on any atom is -0.396 e. The maximum Gasteiger partial charge on any atom is 0.0934 e. The molecule has 2 aliphatic rings. The molecule has 1 aromatic rings. The van der Waals surface area contributed by atoms with Crippen molar-refractivity contribution in [2.45, 2.75) is 57.0 Å². The number of thiophene rings is 1. The van der Waals surface area contributed by atoms with E-state index in [4.69, 9.17) is 11.6 Å². The standard InChI is InChI=1S/C16H21ClN2OS/c1-10-6-12(7-13(19-10)16(9-18)3-4-16)15-11(2-5-20)8-14(17)21-15/h8,10,12-13,19-20H,2-7H2,1H3. The summed E-state index contributed by atoms with van der Waals surface area (Å²) in [4.78, 5) is 1.32. The second-order valence-corrected chi connectivity index (χ2v) is 8.19. The molecule has 0 radical (unpaired) electrons. The molecule has 1 aliphatic heterocycles. The van der Waals surface area contributed by atoms with Crippen LogP contribution >= 0.6 is 22.9 Å². The van der Waals surface area contributed by atoms with Gasteiger partial charge in [-0.1, -0.05) is 11.6 Å². The molecule has 5 heteroatoms. The van der Waals surface area contributed by atoms with Gasteiger partial charge in [-0.3, -0.25) is 0 Å². The molecule has 0 aromatic carbocycles. The number of rotatable bonds is 4. The zero-order valence-corrected chi connectivity index (χ0v) is 13.8. The Morgan fingerprint density at radius 1 is 1.52 bits per heavy atom. The molecule has 1 saturated carbocycles. The van der Waals surface area contributed by atoms with Crippen LogP contribution in [0.2, 0.25) is 4.34 Å². The van der Waals surface area contributed by atoms with Crippen LogP contribution in [0.5, 0.6) is 0 Å². The molecular weight excluding hydrogens is 304 g/mol. The van der Waals surface area contributed by atoms with E-state index in [0.29, 0.717) is 24.4 Å². The lowest BCUT2D eigenvalue weighted by Crippen LogP contribution is -2.47. The van der Waals surface area contributed by atoms with Gasteiger partial charge >= 0.3 is 0 Å². The van der Waals surface area contributed by atoms with Crippen LogP contribution < -0.4 is 5.32 Å². The van der Waals surface area contributed by atoms with Crippen molar-refractivity contribution in [2.75, 3.05) is 6.61 Å². The molecule has 2 fully saturated rings. The molecule has 1 aliphatic carbocycles. The lowest BCUT2D eigenvalue weighted by molar-refractivity contribution is 0.252. The van der Waals surface area contributed by atoms with Gasteiger partial charge in [0.15, 0.2) is 0 Å². The third-order valence-corrected chi connectivity index (χ3v) is 6.35. The molecule has 3 unspecified atom stereocenters. The average molecular weight is 325 g/mol. The number of halogens is 1. The number of aliphatic hydroxyl groups is 1. The highest BCUT2D eigenvalue weighted by molar-refractivity contribution is 7.16. The van der Waals surface area contributed by atoms with E-state index in [9.17, 15) is 10.4 Å². The molecule has 0 spiro atoms. The van der Waals surface area contributed by atoms with Crippen molar-refractivity contribution in [1.82, 2.24) is 5.32 Å². The lowest BCUT2D eigenvalue weighted by Gasteiger charge is -2.37. The summed E-state index contributed by atoms with van der Waals surface area (Å²) >= 11 is 7.84. The predicted molar refractivity (Wildman–Crippen MR) is 85.8 cm³/mol. The van der Waals surface area contributed by atoms with Crippen LogP contribution in [0.1, 0.15) is 49.0 Å². The minimum absolute atomic E-state index is 0.134. The zero-order chi connectivity index (χ0) is 15.0. The summed E-state index contributed by atoms with van der Waals surface area (Å²) < 4.78 is 0.803. The van der Waals surface area contributed by atoms with Crippen LogP contribution in [0.15, 0.2) is 6.07 Å². The first kappa shape index (κ1) is 15.3. The summed E-state index contributed by atoms with van der Waals surface area (Å²) in [5, 5.41) is 22.3. The number of nitriles is 1. The van der Waals surface area contributed by atoms with Crippen molar-refractivity contribution >= 4 is 22.9 Å². The summed E-state index contributed by atoms with van der Waals surface area (Å²) in [6.07, 6.45) is 4.80. The number of hydrogen-bond acceptors (Lipinski definition) is 4. The fourth-order valence-electron chi connectivity index (χ4n) is 3.63. The maximum atomic E-state index is 9.45. The first-order chi connectivity index (χ1) is 10.1. The molecule has 0 bridgehead atoms. The van der Waals surface area contributed by atoms with Gasteiger partial charge in [0.25, 0.3) is 0 Å². The molecule has 3 rings (SSSR count). The Morgan fingerprint density at radius 3 is 2.90 bits per heavy atom. The van der Waals surface area contributed by atoms with Gasteiger partial charge in [0.05, 0.1) is 15.8 Å². The zero-order valence-electron chi connectivity index (χ0n) is 12.2. The van der Waals surface area contributed by atoms with Crippen molar-refractivity contribution in [3.63, 3.8) is 0 Å². The van der Waals surface area contributed by atoms with Crippen molar-refractivity contribution < 1.29 is 5.11 Å². The van der Waals surface area contributed by atoms with Crippen LogP contribution in [0.25, 0.3) is 0 Å². The number of hydrogen-bond donors (Lipinski definition) is 2. The lowest BCUT2D eigenvalue weighted by atomic mass is 9.80. The summed E-state index contributed by atoms with van der Waals surface area (Å²) in [6.45, 7) is 2.36. The van der Waals surface area contributed by atoms with Crippen LogP contribution in [-0.4, -0.2) is 23.8 Å². The van der Waals surface area contributed by atoms with E-state index in [1.165, 1.54) is 10.4 Å². The number of nitrogens with one attached hydrogen (secondary N) is 1. The largest absolute Gasteiger partial charge is 0.396 e. The summed E-state index contributed by atoms with van der Waals surface area (Å²) in [5.41, 5.74) is 1.05. The fourth-order valence-corrected chi connectivity index (χ4v) is 5.07. The van der Waals surface area contributed by atoms with E-state index >= 15 is 0 Å². The number of nitrogens with zero attached hydrogens (tertiary/aromatic N) is 1. The van der Waals surface area contributed by atoms with Crippen LogP contribution in [-0.2, 0) is 6.42 Å². The molecule has 3 nitrogen and oxygen atoms in total. The van der Waals surface area contributed by atoms with Gasteiger partial charge in [-0.15, -0.1) is 11.3 Å². The second kappa shape index (κ2) is 5.89. The monoisotopic (exact) mass is 324 g/mol. The van der Waals surface area contributed by atoms with Gasteiger partial charge in [-0.2, -0.15) is 5.26 Å². The van der Waals surface area contributed by atoms with Crippen molar-refractivity contribution in [2.24, 2.45) is 5.41 Å². The van der Waals surface area contributed by atoms with E-state index < -0.39 is 0 Å². The van der Waals surface area contributed by atoms with Gasteiger partial charge in [0.2, 0.25) is 0 Å². The molecular formula is C16H21ClN2OS. The molecule has 1 aromatic heterocycles. The highest BCUT2D eigenvalue weighted by Gasteiger charge is 2.52.